The van der Waals surface area contributed by atoms with E-state index in [0.29, 0.717) is 5.69 Å². The van der Waals surface area contributed by atoms with E-state index in [0.717, 1.165) is 0 Å². The van der Waals surface area contributed by atoms with E-state index in [9.17, 15) is 9.59 Å². The maximum atomic E-state index is 11.9. The maximum Gasteiger partial charge on any atom is 0.336 e. The molecule has 0 fully saturated rings. The molecule has 1 rings (SSSR count). The second-order valence-electron chi connectivity index (χ2n) is 3.91. The summed E-state index contributed by atoms with van der Waals surface area (Å²) in [6, 6.07) is 8.66. The van der Waals surface area contributed by atoms with E-state index in [1.807, 2.05) is 18.2 Å². The average Bonchev–Trinajstić information content (AvgIpc) is 2.29. The van der Waals surface area contributed by atoms with Gasteiger partial charge in [-0.2, -0.15) is 0 Å². The van der Waals surface area contributed by atoms with E-state index in [-0.39, 0.29) is 19.0 Å². The Kier molecular flexibility index (Phi) is 5.13. The second-order valence-corrected chi connectivity index (χ2v) is 3.91. The van der Waals surface area contributed by atoms with Crippen LogP contribution in [0.2, 0.25) is 0 Å². The van der Waals surface area contributed by atoms with Gasteiger partial charge in [0.1, 0.15) is 0 Å². The Morgan fingerprint density at radius 2 is 1.83 bits per heavy atom. The fraction of sp³-hybridized carbons (Fsp3) is 0.333. The van der Waals surface area contributed by atoms with Crippen molar-refractivity contribution in [2.75, 3.05) is 26.0 Å². The largest absolute Gasteiger partial charge is 0.481 e. The van der Waals surface area contributed by atoms with Gasteiger partial charge in [0.15, 0.2) is 0 Å². The van der Waals surface area contributed by atoms with Gasteiger partial charge < -0.3 is 10.4 Å². The minimum atomic E-state index is -0.936. The topological polar surface area (TPSA) is 72.9 Å². The summed E-state index contributed by atoms with van der Waals surface area (Å²) in [5.41, 5.74) is 0.671. The van der Waals surface area contributed by atoms with Crippen LogP contribution in [0.1, 0.15) is 6.42 Å². The number of hydrazine groups is 1. The van der Waals surface area contributed by atoms with E-state index < -0.39 is 5.97 Å². The SMILES string of the molecule is CN(C)N(CCC(=O)O)C(=O)Nc1ccccc1. The Hall–Kier alpha value is -2.08. The molecule has 0 spiro atoms. The summed E-state index contributed by atoms with van der Waals surface area (Å²) < 4.78 is 0. The number of carboxylic acid groups (broad SMARTS) is 1. The number of anilines is 1. The van der Waals surface area contributed by atoms with Gasteiger partial charge in [0.25, 0.3) is 0 Å². The number of carbonyl (C=O) groups excluding carboxylic acids is 1. The fourth-order valence-corrected chi connectivity index (χ4v) is 1.39. The molecule has 0 aliphatic carbocycles. The van der Waals surface area contributed by atoms with Crippen molar-refractivity contribution in [3.63, 3.8) is 0 Å². The Bertz CT molecular complexity index is 406. The summed E-state index contributed by atoms with van der Waals surface area (Å²) in [7, 11) is 3.37. The van der Waals surface area contributed by atoms with Crippen molar-refractivity contribution in [2.24, 2.45) is 0 Å². The quantitative estimate of drug-likeness (QED) is 0.777. The van der Waals surface area contributed by atoms with Crippen LogP contribution >= 0.6 is 0 Å². The average molecular weight is 251 g/mol. The smallest absolute Gasteiger partial charge is 0.336 e. The molecule has 0 heterocycles. The number of hydrogen-bond donors (Lipinski definition) is 2. The highest BCUT2D eigenvalue weighted by molar-refractivity contribution is 5.89. The lowest BCUT2D eigenvalue weighted by Gasteiger charge is -2.28. The van der Waals surface area contributed by atoms with Gasteiger partial charge in [-0.25, -0.2) is 9.80 Å². The molecule has 0 bridgehead atoms. The Labute approximate surface area is 106 Å². The van der Waals surface area contributed by atoms with Crippen LogP contribution in [0.25, 0.3) is 0 Å². The molecular weight excluding hydrogens is 234 g/mol. The Morgan fingerprint density at radius 3 is 2.33 bits per heavy atom. The molecular formula is C12H17N3O3. The predicted molar refractivity (Wildman–Crippen MR) is 68.1 cm³/mol. The number of aliphatic carboxylic acids is 1. The Morgan fingerprint density at radius 1 is 1.22 bits per heavy atom. The van der Waals surface area contributed by atoms with Crippen LogP contribution in [-0.4, -0.2) is 47.8 Å². The first-order chi connectivity index (χ1) is 8.50. The van der Waals surface area contributed by atoms with Gasteiger partial charge in [0, 0.05) is 26.3 Å². The maximum absolute atomic E-state index is 11.9. The molecule has 0 aromatic heterocycles. The minimum absolute atomic E-state index is 0.0968. The molecule has 6 nitrogen and oxygen atoms in total. The van der Waals surface area contributed by atoms with Crippen molar-refractivity contribution >= 4 is 17.7 Å². The molecule has 0 unspecified atom stereocenters. The molecule has 0 atom stereocenters. The van der Waals surface area contributed by atoms with Crippen molar-refractivity contribution in [2.45, 2.75) is 6.42 Å². The van der Waals surface area contributed by atoms with Gasteiger partial charge in [0.2, 0.25) is 0 Å². The number of carboxylic acids is 1. The number of hydrogen-bond acceptors (Lipinski definition) is 3. The number of rotatable bonds is 5. The van der Waals surface area contributed by atoms with E-state index in [4.69, 9.17) is 5.11 Å². The van der Waals surface area contributed by atoms with Crippen LogP contribution in [-0.2, 0) is 4.79 Å². The summed E-state index contributed by atoms with van der Waals surface area (Å²) in [5, 5.41) is 14.2. The number of nitrogens with zero attached hydrogens (tertiary/aromatic N) is 2. The summed E-state index contributed by atoms with van der Waals surface area (Å²) in [6.07, 6.45) is -0.0968. The predicted octanol–water partition coefficient (Wildman–Crippen LogP) is 1.47. The van der Waals surface area contributed by atoms with Gasteiger partial charge in [-0.15, -0.1) is 0 Å². The molecule has 2 N–H and O–H groups in total. The third-order valence-electron chi connectivity index (χ3n) is 2.28. The molecule has 0 radical (unpaired) electrons. The number of nitrogens with one attached hydrogen (secondary N) is 1. The lowest BCUT2D eigenvalue weighted by Crippen LogP contribution is -2.45. The molecule has 0 saturated carbocycles. The van der Waals surface area contributed by atoms with Crippen molar-refractivity contribution in [3.05, 3.63) is 30.3 Å². The molecule has 98 valence electrons. The van der Waals surface area contributed by atoms with Gasteiger partial charge in [0.05, 0.1) is 6.42 Å². The van der Waals surface area contributed by atoms with Gasteiger partial charge in [-0.1, -0.05) is 18.2 Å². The van der Waals surface area contributed by atoms with E-state index in [2.05, 4.69) is 5.32 Å². The summed E-state index contributed by atoms with van der Waals surface area (Å²) in [5.74, 6) is -0.936. The monoisotopic (exact) mass is 251 g/mol. The van der Waals surface area contributed by atoms with Crippen LogP contribution in [0.5, 0.6) is 0 Å². The van der Waals surface area contributed by atoms with Gasteiger partial charge in [-0.3, -0.25) is 9.80 Å². The third-order valence-corrected chi connectivity index (χ3v) is 2.28. The molecule has 6 heteroatoms. The molecule has 0 saturated heterocycles. The molecule has 18 heavy (non-hydrogen) atoms. The highest BCUT2D eigenvalue weighted by atomic mass is 16.4. The van der Waals surface area contributed by atoms with E-state index in [1.54, 1.807) is 31.2 Å². The van der Waals surface area contributed by atoms with Crippen molar-refractivity contribution in [3.8, 4) is 0 Å². The van der Waals surface area contributed by atoms with Crippen LogP contribution in [0.4, 0.5) is 10.5 Å². The van der Waals surface area contributed by atoms with Gasteiger partial charge in [-0.05, 0) is 12.1 Å². The first-order valence-electron chi connectivity index (χ1n) is 5.53. The molecule has 2 amide bonds. The zero-order valence-corrected chi connectivity index (χ0v) is 10.5. The third kappa shape index (κ3) is 4.42. The van der Waals surface area contributed by atoms with E-state index in [1.165, 1.54) is 5.01 Å². The van der Waals surface area contributed by atoms with Gasteiger partial charge >= 0.3 is 12.0 Å². The van der Waals surface area contributed by atoms with Crippen LogP contribution in [0.15, 0.2) is 30.3 Å². The standard InChI is InChI=1S/C12H17N3O3/c1-14(2)15(9-8-11(16)17)12(18)13-10-6-4-3-5-7-10/h3-7H,8-9H2,1-2H3,(H,13,18)(H,16,17). The van der Waals surface area contributed by atoms with Crippen molar-refractivity contribution < 1.29 is 14.7 Å². The molecule has 1 aromatic rings. The lowest BCUT2D eigenvalue weighted by molar-refractivity contribution is -0.137. The number of benzene rings is 1. The number of amides is 2. The number of para-hydroxylation sites is 1. The summed E-state index contributed by atoms with van der Waals surface area (Å²) in [6.45, 7) is 0.126. The first kappa shape index (κ1) is 14.0. The van der Waals surface area contributed by atoms with Crippen LogP contribution in [0.3, 0.4) is 0 Å². The summed E-state index contributed by atoms with van der Waals surface area (Å²) in [4.78, 5) is 22.5. The molecule has 0 aliphatic rings. The van der Waals surface area contributed by atoms with Crippen LogP contribution < -0.4 is 5.32 Å². The summed E-state index contributed by atoms with van der Waals surface area (Å²) >= 11 is 0. The van der Waals surface area contributed by atoms with Crippen LogP contribution in [0, 0.1) is 0 Å². The van der Waals surface area contributed by atoms with Crippen molar-refractivity contribution in [1.29, 1.82) is 0 Å². The van der Waals surface area contributed by atoms with E-state index >= 15 is 0 Å². The molecule has 0 aliphatic heterocycles. The zero-order valence-electron chi connectivity index (χ0n) is 10.5. The number of carbonyl (C=O) groups is 2. The Balaban J connectivity index is 2.62. The number of urea groups is 1. The normalized spacial score (nSPS) is 10.2. The highest BCUT2D eigenvalue weighted by Gasteiger charge is 2.16. The lowest BCUT2D eigenvalue weighted by atomic mass is 10.3. The second kappa shape index (κ2) is 6.61. The molecule has 1 aromatic carbocycles. The zero-order chi connectivity index (χ0) is 13.5. The van der Waals surface area contributed by atoms with Crippen molar-refractivity contribution in [1.82, 2.24) is 10.0 Å². The highest BCUT2D eigenvalue weighted by Crippen LogP contribution is 2.07. The first-order valence-corrected chi connectivity index (χ1v) is 5.53. The minimum Gasteiger partial charge on any atom is -0.481 e. The fourth-order valence-electron chi connectivity index (χ4n) is 1.39.